The minimum Gasteiger partial charge on any atom is -0.355 e. The summed E-state index contributed by atoms with van der Waals surface area (Å²) >= 11 is 0. The van der Waals surface area contributed by atoms with E-state index in [0.29, 0.717) is 18.2 Å². The number of aryl methyl sites for hydroxylation is 2. The largest absolute Gasteiger partial charge is 0.355 e. The molecule has 2 aromatic rings. The normalized spacial score (nSPS) is 15.7. The van der Waals surface area contributed by atoms with Crippen LogP contribution in [-0.2, 0) is 19.4 Å². The number of hydrogen-bond acceptors (Lipinski definition) is 2. The first-order chi connectivity index (χ1) is 13.2. The fraction of sp³-hybridized carbons (Fsp3) is 0.391. The SMILES string of the molecule is CNC(=O)c1ccc(CN(C(=O)c2ccc3c(c2)CCCC3)C2CC2)cc1. The zero-order valence-corrected chi connectivity index (χ0v) is 15.8. The lowest BCUT2D eigenvalue weighted by Crippen LogP contribution is -2.32. The standard InChI is InChI=1S/C23H26N2O2/c1-24-22(26)18-8-6-16(7-9-18)15-25(21-12-13-21)23(27)20-11-10-17-4-2-3-5-19(17)14-20/h6-11,14,21H,2-5,12-13,15H2,1H3,(H,24,26). The zero-order chi connectivity index (χ0) is 18.8. The predicted octanol–water partition coefficient (Wildman–Crippen LogP) is 3.73. The van der Waals surface area contributed by atoms with Gasteiger partial charge in [-0.25, -0.2) is 0 Å². The van der Waals surface area contributed by atoms with E-state index in [1.54, 1.807) is 7.05 Å². The molecule has 2 aliphatic rings. The number of carbonyl (C=O) groups is 2. The van der Waals surface area contributed by atoms with E-state index in [-0.39, 0.29) is 11.8 Å². The van der Waals surface area contributed by atoms with Gasteiger partial charge in [0.25, 0.3) is 11.8 Å². The van der Waals surface area contributed by atoms with Crippen LogP contribution in [0.3, 0.4) is 0 Å². The Balaban J connectivity index is 1.52. The molecule has 0 aliphatic heterocycles. The molecule has 0 spiro atoms. The molecule has 0 radical (unpaired) electrons. The summed E-state index contributed by atoms with van der Waals surface area (Å²) in [7, 11) is 1.63. The summed E-state index contributed by atoms with van der Waals surface area (Å²) in [6, 6.07) is 14.1. The molecule has 1 saturated carbocycles. The Hall–Kier alpha value is -2.62. The average molecular weight is 362 g/mol. The van der Waals surface area contributed by atoms with E-state index in [1.807, 2.05) is 35.2 Å². The van der Waals surface area contributed by atoms with Crippen LogP contribution >= 0.6 is 0 Å². The maximum absolute atomic E-state index is 13.2. The van der Waals surface area contributed by atoms with Gasteiger partial charge in [-0.2, -0.15) is 0 Å². The first kappa shape index (κ1) is 17.8. The minimum absolute atomic E-state index is 0.0919. The number of hydrogen-bond donors (Lipinski definition) is 1. The number of carbonyl (C=O) groups excluding carboxylic acids is 2. The molecule has 2 aliphatic carbocycles. The second kappa shape index (κ2) is 7.55. The number of fused-ring (bicyclic) bond motifs is 1. The van der Waals surface area contributed by atoms with Gasteiger partial charge in [0.05, 0.1) is 0 Å². The first-order valence-corrected chi connectivity index (χ1v) is 9.89. The highest BCUT2D eigenvalue weighted by Gasteiger charge is 2.33. The Morgan fingerprint density at radius 1 is 0.963 bits per heavy atom. The fourth-order valence-electron chi connectivity index (χ4n) is 3.89. The van der Waals surface area contributed by atoms with E-state index in [1.165, 1.54) is 24.0 Å². The molecule has 2 amide bonds. The maximum Gasteiger partial charge on any atom is 0.254 e. The molecule has 0 atom stereocenters. The topological polar surface area (TPSA) is 49.4 Å². The van der Waals surface area contributed by atoms with Gasteiger partial charge in [0.1, 0.15) is 0 Å². The zero-order valence-electron chi connectivity index (χ0n) is 15.8. The van der Waals surface area contributed by atoms with Crippen LogP contribution in [0.5, 0.6) is 0 Å². The van der Waals surface area contributed by atoms with Gasteiger partial charge in [-0.05, 0) is 79.5 Å². The molecule has 4 heteroatoms. The summed E-state index contributed by atoms with van der Waals surface area (Å²) in [5, 5.41) is 2.63. The molecule has 1 fully saturated rings. The van der Waals surface area contributed by atoms with Crippen molar-refractivity contribution < 1.29 is 9.59 Å². The molecule has 1 N–H and O–H groups in total. The smallest absolute Gasteiger partial charge is 0.254 e. The van der Waals surface area contributed by atoms with E-state index in [2.05, 4.69) is 17.4 Å². The molecule has 27 heavy (non-hydrogen) atoms. The van der Waals surface area contributed by atoms with Crippen LogP contribution in [0.1, 0.15) is 63.1 Å². The lowest BCUT2D eigenvalue weighted by Gasteiger charge is -2.24. The third kappa shape index (κ3) is 3.90. The van der Waals surface area contributed by atoms with Gasteiger partial charge in [-0.1, -0.05) is 18.2 Å². The van der Waals surface area contributed by atoms with Crippen LogP contribution < -0.4 is 5.32 Å². The van der Waals surface area contributed by atoms with Crippen molar-refractivity contribution >= 4 is 11.8 Å². The summed E-state index contributed by atoms with van der Waals surface area (Å²) < 4.78 is 0. The van der Waals surface area contributed by atoms with Crippen LogP contribution in [0.4, 0.5) is 0 Å². The minimum atomic E-state index is -0.0919. The summed E-state index contributed by atoms with van der Waals surface area (Å²) in [6.07, 6.45) is 6.84. The van der Waals surface area contributed by atoms with Gasteiger partial charge >= 0.3 is 0 Å². The lowest BCUT2D eigenvalue weighted by atomic mass is 9.90. The van der Waals surface area contributed by atoms with Crippen LogP contribution in [0.2, 0.25) is 0 Å². The van der Waals surface area contributed by atoms with Crippen molar-refractivity contribution in [3.05, 3.63) is 70.3 Å². The van der Waals surface area contributed by atoms with Crippen molar-refractivity contribution in [2.75, 3.05) is 7.05 Å². The quantitative estimate of drug-likeness (QED) is 0.881. The molecule has 0 aromatic heterocycles. The van der Waals surface area contributed by atoms with Crippen LogP contribution in [0.15, 0.2) is 42.5 Å². The average Bonchev–Trinajstić information content (AvgIpc) is 3.56. The van der Waals surface area contributed by atoms with E-state index < -0.39 is 0 Å². The third-order valence-corrected chi connectivity index (χ3v) is 5.64. The van der Waals surface area contributed by atoms with Crippen molar-refractivity contribution in [1.82, 2.24) is 10.2 Å². The Morgan fingerprint density at radius 3 is 2.30 bits per heavy atom. The van der Waals surface area contributed by atoms with Crippen molar-refractivity contribution in [2.24, 2.45) is 0 Å². The Morgan fingerprint density at radius 2 is 1.63 bits per heavy atom. The third-order valence-electron chi connectivity index (χ3n) is 5.64. The van der Waals surface area contributed by atoms with Gasteiger partial charge in [-0.15, -0.1) is 0 Å². The van der Waals surface area contributed by atoms with Gasteiger partial charge in [-0.3, -0.25) is 9.59 Å². The highest BCUT2D eigenvalue weighted by atomic mass is 16.2. The van der Waals surface area contributed by atoms with Crippen LogP contribution in [0.25, 0.3) is 0 Å². The summed E-state index contributed by atoms with van der Waals surface area (Å²) in [5.41, 5.74) is 5.25. The summed E-state index contributed by atoms with van der Waals surface area (Å²) in [4.78, 5) is 26.9. The molecule has 0 unspecified atom stereocenters. The molecule has 0 heterocycles. The number of amides is 2. The van der Waals surface area contributed by atoms with Gasteiger partial charge in [0.15, 0.2) is 0 Å². The van der Waals surface area contributed by atoms with E-state index >= 15 is 0 Å². The Labute approximate surface area is 160 Å². The van der Waals surface area contributed by atoms with E-state index in [9.17, 15) is 9.59 Å². The summed E-state index contributed by atoms with van der Waals surface area (Å²) in [6.45, 7) is 0.592. The Bertz CT molecular complexity index is 853. The van der Waals surface area contributed by atoms with Crippen molar-refractivity contribution in [3.8, 4) is 0 Å². The molecule has 0 bridgehead atoms. The number of nitrogens with one attached hydrogen (secondary N) is 1. The second-order valence-electron chi connectivity index (χ2n) is 7.63. The molecular formula is C23H26N2O2. The van der Waals surface area contributed by atoms with Crippen LogP contribution in [-0.4, -0.2) is 29.8 Å². The lowest BCUT2D eigenvalue weighted by molar-refractivity contribution is 0.0729. The predicted molar refractivity (Wildman–Crippen MR) is 106 cm³/mol. The fourth-order valence-corrected chi connectivity index (χ4v) is 3.89. The van der Waals surface area contributed by atoms with Crippen molar-refractivity contribution in [1.29, 1.82) is 0 Å². The molecule has 0 saturated heterocycles. The first-order valence-electron chi connectivity index (χ1n) is 9.89. The molecule has 4 nitrogen and oxygen atoms in total. The molecule has 4 rings (SSSR count). The highest BCUT2D eigenvalue weighted by molar-refractivity contribution is 5.95. The van der Waals surface area contributed by atoms with Gasteiger partial charge in [0.2, 0.25) is 0 Å². The number of rotatable bonds is 5. The Kier molecular flexibility index (Phi) is 4.97. The van der Waals surface area contributed by atoms with E-state index in [4.69, 9.17) is 0 Å². The van der Waals surface area contributed by atoms with E-state index in [0.717, 1.165) is 36.8 Å². The maximum atomic E-state index is 13.2. The number of benzene rings is 2. The monoisotopic (exact) mass is 362 g/mol. The van der Waals surface area contributed by atoms with Gasteiger partial charge < -0.3 is 10.2 Å². The molecular weight excluding hydrogens is 336 g/mol. The molecule has 140 valence electrons. The second-order valence-corrected chi connectivity index (χ2v) is 7.63. The highest BCUT2D eigenvalue weighted by Crippen LogP contribution is 2.31. The van der Waals surface area contributed by atoms with Gasteiger partial charge in [0, 0.05) is 30.8 Å². The van der Waals surface area contributed by atoms with Crippen molar-refractivity contribution in [3.63, 3.8) is 0 Å². The summed E-state index contributed by atoms with van der Waals surface area (Å²) in [5.74, 6) is 0.0342. The molecule has 2 aromatic carbocycles. The number of nitrogens with zero attached hydrogens (tertiary/aromatic N) is 1. The van der Waals surface area contributed by atoms with Crippen molar-refractivity contribution in [2.45, 2.75) is 51.1 Å². The van der Waals surface area contributed by atoms with Crippen LogP contribution in [0, 0.1) is 0 Å².